The highest BCUT2D eigenvalue weighted by Crippen LogP contribution is 2.30. The molecule has 0 aromatic heterocycles. The molecule has 1 unspecified atom stereocenters. The van der Waals surface area contributed by atoms with Gasteiger partial charge in [-0.3, -0.25) is 0 Å². The molecule has 15 heavy (non-hydrogen) atoms. The van der Waals surface area contributed by atoms with Crippen molar-refractivity contribution in [2.24, 2.45) is 0 Å². The van der Waals surface area contributed by atoms with Crippen molar-refractivity contribution in [2.75, 3.05) is 19.8 Å². The molecule has 0 fully saturated rings. The van der Waals surface area contributed by atoms with Gasteiger partial charge in [-0.2, -0.15) is 0 Å². The molecule has 0 saturated heterocycles. The van der Waals surface area contributed by atoms with Gasteiger partial charge in [0.2, 0.25) is 0 Å². The highest BCUT2D eigenvalue weighted by atomic mass is 33.1. The van der Waals surface area contributed by atoms with Gasteiger partial charge in [-0.25, -0.2) is 0 Å². The molecule has 0 aromatic carbocycles. The Morgan fingerprint density at radius 1 is 1.00 bits per heavy atom. The Hall–Kier alpha value is 0.797. The van der Waals surface area contributed by atoms with Crippen LogP contribution in [0, 0.1) is 0 Å². The Balaban J connectivity index is 4.71. The summed E-state index contributed by atoms with van der Waals surface area (Å²) in [4.78, 5) is 0.209. The average Bonchev–Trinajstić information content (AvgIpc) is 2.20. The normalized spacial score (nSPS) is 14.2. The van der Waals surface area contributed by atoms with Crippen molar-refractivity contribution in [1.29, 1.82) is 0 Å². The zero-order valence-corrected chi connectivity index (χ0v) is 12.7. The van der Waals surface area contributed by atoms with E-state index in [4.69, 9.17) is 13.3 Å². The smallest absolute Gasteiger partial charge is 0.373 e. The molecule has 0 spiro atoms. The Labute approximate surface area is 103 Å². The first-order valence-electron chi connectivity index (χ1n) is 5.42. The van der Waals surface area contributed by atoms with Crippen molar-refractivity contribution in [1.82, 2.24) is 0 Å². The number of hydrogen-bond acceptors (Lipinski definition) is 5. The first-order valence-corrected chi connectivity index (χ1v) is 9.16. The summed E-state index contributed by atoms with van der Waals surface area (Å²) in [5.74, 6) is 0. The lowest BCUT2D eigenvalue weighted by Gasteiger charge is -2.33. The van der Waals surface area contributed by atoms with Gasteiger partial charge in [0.1, 0.15) is 0 Å². The molecule has 0 aliphatic rings. The van der Waals surface area contributed by atoms with Gasteiger partial charge in [0.05, 0.1) is 4.87 Å². The summed E-state index contributed by atoms with van der Waals surface area (Å²) in [5, 5.41) is 0. The molecule has 6 heteroatoms. The second kappa shape index (κ2) is 8.89. The summed E-state index contributed by atoms with van der Waals surface area (Å²) in [6, 6.07) is 0. The van der Waals surface area contributed by atoms with Gasteiger partial charge >= 0.3 is 8.80 Å². The second-order valence-electron chi connectivity index (χ2n) is 2.90. The molecule has 0 aliphatic heterocycles. The molecule has 3 nitrogen and oxygen atoms in total. The quantitative estimate of drug-likeness (QED) is 0.396. The van der Waals surface area contributed by atoms with Crippen LogP contribution in [0.5, 0.6) is 0 Å². The third-order valence-corrected chi connectivity index (χ3v) is 8.36. The Morgan fingerprint density at radius 3 is 1.60 bits per heavy atom. The van der Waals surface area contributed by atoms with E-state index in [0.717, 1.165) is 6.42 Å². The topological polar surface area (TPSA) is 27.7 Å². The molecular formula is C9H22O3S2Si. The van der Waals surface area contributed by atoms with E-state index in [2.05, 4.69) is 18.6 Å². The summed E-state index contributed by atoms with van der Waals surface area (Å²) in [7, 11) is -1.06. The molecule has 0 saturated carbocycles. The average molecular weight is 270 g/mol. The molecule has 0 amide bonds. The first kappa shape index (κ1) is 15.8. The molecule has 0 heterocycles. The van der Waals surface area contributed by atoms with E-state index in [-0.39, 0.29) is 4.87 Å². The van der Waals surface area contributed by atoms with Crippen LogP contribution in [0.3, 0.4) is 0 Å². The maximum absolute atomic E-state index is 5.78. The summed E-state index contributed by atoms with van der Waals surface area (Å²) in [5.41, 5.74) is 0. The lowest BCUT2D eigenvalue weighted by atomic mass is 10.6. The van der Waals surface area contributed by atoms with E-state index >= 15 is 0 Å². The Kier molecular flexibility index (Phi) is 9.37. The zero-order valence-electron chi connectivity index (χ0n) is 9.99. The predicted molar refractivity (Wildman–Crippen MR) is 71.3 cm³/mol. The fourth-order valence-electron chi connectivity index (χ4n) is 1.40. The van der Waals surface area contributed by atoms with E-state index in [9.17, 15) is 0 Å². The Bertz CT molecular complexity index is 139. The fourth-order valence-corrected chi connectivity index (χ4v) is 6.80. The van der Waals surface area contributed by atoms with E-state index in [1.54, 1.807) is 0 Å². The van der Waals surface area contributed by atoms with Gasteiger partial charge in [-0.1, -0.05) is 17.7 Å². The van der Waals surface area contributed by atoms with Crippen molar-refractivity contribution in [3.8, 4) is 0 Å². The SMILES string of the molecule is CCO[Si](OCC)(OCC)C(CC)SS. The van der Waals surface area contributed by atoms with Crippen LogP contribution in [0.1, 0.15) is 34.1 Å². The molecule has 0 aromatic rings. The minimum atomic E-state index is -2.54. The highest BCUT2D eigenvalue weighted by Gasteiger charge is 2.48. The first-order chi connectivity index (χ1) is 7.20. The lowest BCUT2D eigenvalue weighted by molar-refractivity contribution is 0.0693. The molecule has 0 rings (SSSR count). The maximum atomic E-state index is 5.78. The number of hydrogen-bond donors (Lipinski definition) is 1. The standard InChI is InChI=1S/C9H22O3S2Si/c1-5-9(14-13)15(10-6-2,11-7-3)12-8-4/h9,13H,5-8H2,1-4H3. The van der Waals surface area contributed by atoms with Crippen LogP contribution in [0.4, 0.5) is 0 Å². The number of rotatable bonds is 9. The third kappa shape index (κ3) is 4.66. The van der Waals surface area contributed by atoms with E-state index in [1.165, 1.54) is 10.8 Å². The van der Waals surface area contributed by atoms with Crippen LogP contribution in [-0.2, 0) is 13.3 Å². The van der Waals surface area contributed by atoms with Gasteiger partial charge in [0.25, 0.3) is 0 Å². The highest BCUT2D eigenvalue weighted by molar-refractivity contribution is 8.69. The molecule has 0 aliphatic carbocycles. The maximum Gasteiger partial charge on any atom is 0.515 e. The fraction of sp³-hybridized carbons (Fsp3) is 1.00. The largest absolute Gasteiger partial charge is 0.515 e. The van der Waals surface area contributed by atoms with Crippen LogP contribution >= 0.6 is 22.5 Å². The van der Waals surface area contributed by atoms with E-state index in [0.29, 0.717) is 19.8 Å². The molecule has 1 atom stereocenters. The monoisotopic (exact) mass is 270 g/mol. The summed E-state index contributed by atoms with van der Waals surface area (Å²) in [6.07, 6.45) is 0.945. The molecular weight excluding hydrogens is 248 g/mol. The van der Waals surface area contributed by atoms with Crippen molar-refractivity contribution in [3.63, 3.8) is 0 Å². The van der Waals surface area contributed by atoms with Crippen LogP contribution in [-0.4, -0.2) is 33.5 Å². The van der Waals surface area contributed by atoms with Gasteiger partial charge in [0.15, 0.2) is 0 Å². The van der Waals surface area contributed by atoms with Crippen LogP contribution in [0.2, 0.25) is 0 Å². The lowest BCUT2D eigenvalue weighted by Crippen LogP contribution is -2.54. The van der Waals surface area contributed by atoms with E-state index in [1.807, 2.05) is 20.8 Å². The van der Waals surface area contributed by atoms with Gasteiger partial charge in [0, 0.05) is 19.8 Å². The van der Waals surface area contributed by atoms with Crippen molar-refractivity contribution >= 4 is 31.3 Å². The van der Waals surface area contributed by atoms with Crippen LogP contribution < -0.4 is 0 Å². The van der Waals surface area contributed by atoms with Gasteiger partial charge < -0.3 is 13.3 Å². The minimum absolute atomic E-state index is 0.209. The van der Waals surface area contributed by atoms with Gasteiger partial charge in [-0.05, 0) is 27.2 Å². The summed E-state index contributed by atoms with van der Waals surface area (Å²) in [6.45, 7) is 9.87. The predicted octanol–water partition coefficient (Wildman–Crippen LogP) is 2.93. The number of thiol groups is 1. The van der Waals surface area contributed by atoms with E-state index < -0.39 is 8.80 Å². The second-order valence-corrected chi connectivity index (χ2v) is 7.51. The van der Waals surface area contributed by atoms with Crippen LogP contribution in [0.25, 0.3) is 0 Å². The molecule has 0 radical (unpaired) electrons. The Morgan fingerprint density at radius 2 is 1.40 bits per heavy atom. The zero-order chi connectivity index (χ0) is 11.7. The summed E-state index contributed by atoms with van der Waals surface area (Å²) < 4.78 is 17.3. The molecule has 0 N–H and O–H groups in total. The minimum Gasteiger partial charge on any atom is -0.373 e. The molecule has 92 valence electrons. The van der Waals surface area contributed by atoms with Crippen molar-refractivity contribution < 1.29 is 13.3 Å². The molecule has 0 bridgehead atoms. The third-order valence-electron chi connectivity index (χ3n) is 1.93. The van der Waals surface area contributed by atoms with Crippen molar-refractivity contribution in [2.45, 2.75) is 39.0 Å². The summed E-state index contributed by atoms with van der Waals surface area (Å²) >= 11 is 4.28. The van der Waals surface area contributed by atoms with Gasteiger partial charge in [-0.15, -0.1) is 11.7 Å². The van der Waals surface area contributed by atoms with Crippen molar-refractivity contribution in [3.05, 3.63) is 0 Å². The van der Waals surface area contributed by atoms with Crippen LogP contribution in [0.15, 0.2) is 0 Å².